The molecule has 1 aromatic carbocycles. The minimum Gasteiger partial charge on any atom is -0.383 e. The molecule has 2 amide bonds. The van der Waals surface area contributed by atoms with Crippen molar-refractivity contribution in [1.29, 1.82) is 0 Å². The number of carbonyl (C=O) groups is 2. The zero-order chi connectivity index (χ0) is 17.1. The first-order chi connectivity index (χ1) is 11.6. The molecule has 2 heterocycles. The maximum Gasteiger partial charge on any atom is 0.228 e. The second kappa shape index (κ2) is 7.57. The Kier molecular flexibility index (Phi) is 5.46. The molecule has 3 rings (SSSR count). The number of methoxy groups -OCH3 is 1. The molecule has 2 aliphatic heterocycles. The van der Waals surface area contributed by atoms with Crippen LogP contribution in [0.3, 0.4) is 0 Å². The van der Waals surface area contributed by atoms with Crippen molar-refractivity contribution >= 4 is 23.6 Å². The zero-order valence-corrected chi connectivity index (χ0v) is 15.1. The van der Waals surface area contributed by atoms with E-state index in [-0.39, 0.29) is 17.7 Å². The van der Waals surface area contributed by atoms with Crippen LogP contribution in [0, 0.1) is 5.92 Å². The van der Waals surface area contributed by atoms with Crippen LogP contribution in [0.2, 0.25) is 0 Å². The van der Waals surface area contributed by atoms with E-state index in [1.807, 2.05) is 4.90 Å². The van der Waals surface area contributed by atoms with E-state index in [1.165, 1.54) is 16.0 Å². The summed E-state index contributed by atoms with van der Waals surface area (Å²) in [6, 6.07) is 6.47. The number of hydrogen-bond donors (Lipinski definition) is 0. The van der Waals surface area contributed by atoms with E-state index in [0.29, 0.717) is 32.7 Å². The lowest BCUT2D eigenvalue weighted by atomic mass is 9.98. The summed E-state index contributed by atoms with van der Waals surface area (Å²) in [4.78, 5) is 29.8. The topological polar surface area (TPSA) is 49.9 Å². The summed E-state index contributed by atoms with van der Waals surface area (Å²) in [5.74, 6) is -0.0309. The van der Waals surface area contributed by atoms with Gasteiger partial charge >= 0.3 is 0 Å². The molecule has 130 valence electrons. The first kappa shape index (κ1) is 17.3. The standard InChI is InChI=1S/C18H24N2O3S/c1-23-8-7-19-12-15(10-17(19)21)18(22)20-6-5-13-9-16(24-2)4-3-14(13)11-20/h3-4,9,15H,5-8,10-12H2,1-2H3. The molecule has 0 N–H and O–H groups in total. The summed E-state index contributed by atoms with van der Waals surface area (Å²) in [5.41, 5.74) is 2.57. The van der Waals surface area contributed by atoms with Crippen LogP contribution in [0.1, 0.15) is 17.5 Å². The minimum atomic E-state index is -0.207. The SMILES string of the molecule is COCCN1CC(C(=O)N2CCc3cc(SC)ccc3C2)CC1=O. The second-order valence-electron chi connectivity index (χ2n) is 6.38. The molecule has 6 heteroatoms. The normalized spacial score (nSPS) is 20.4. The van der Waals surface area contributed by atoms with Crippen LogP contribution in [0.5, 0.6) is 0 Å². The third-order valence-corrected chi connectivity index (χ3v) is 5.59. The highest BCUT2D eigenvalue weighted by atomic mass is 32.2. The number of fused-ring (bicyclic) bond motifs is 1. The fourth-order valence-corrected chi connectivity index (χ4v) is 3.92. The molecule has 1 unspecified atom stereocenters. The van der Waals surface area contributed by atoms with Gasteiger partial charge in [-0.05, 0) is 35.9 Å². The van der Waals surface area contributed by atoms with Crippen LogP contribution in [-0.4, -0.2) is 61.2 Å². The van der Waals surface area contributed by atoms with Crippen molar-refractivity contribution in [3.8, 4) is 0 Å². The maximum absolute atomic E-state index is 12.8. The number of nitrogens with zero attached hydrogens (tertiary/aromatic N) is 2. The highest BCUT2D eigenvalue weighted by Gasteiger charge is 2.37. The Hall–Kier alpha value is -1.53. The molecule has 24 heavy (non-hydrogen) atoms. The van der Waals surface area contributed by atoms with Gasteiger partial charge < -0.3 is 14.5 Å². The Balaban J connectivity index is 1.63. The summed E-state index contributed by atoms with van der Waals surface area (Å²) in [6.07, 6.45) is 3.30. The van der Waals surface area contributed by atoms with Gasteiger partial charge in [0.2, 0.25) is 11.8 Å². The monoisotopic (exact) mass is 348 g/mol. The average Bonchev–Trinajstić information content (AvgIpc) is 2.99. The van der Waals surface area contributed by atoms with Gasteiger partial charge in [-0.2, -0.15) is 0 Å². The van der Waals surface area contributed by atoms with Gasteiger partial charge in [0.15, 0.2) is 0 Å². The van der Waals surface area contributed by atoms with Gasteiger partial charge in [0.25, 0.3) is 0 Å². The third kappa shape index (κ3) is 3.59. The fourth-order valence-electron chi connectivity index (χ4n) is 3.46. The molecule has 1 fully saturated rings. The smallest absolute Gasteiger partial charge is 0.228 e. The van der Waals surface area contributed by atoms with Crippen molar-refractivity contribution in [2.75, 3.05) is 39.6 Å². The molecule has 1 saturated heterocycles. The quantitative estimate of drug-likeness (QED) is 0.761. The van der Waals surface area contributed by atoms with Crippen LogP contribution in [-0.2, 0) is 27.3 Å². The molecule has 2 aliphatic rings. The van der Waals surface area contributed by atoms with Gasteiger partial charge in [0, 0.05) is 44.6 Å². The van der Waals surface area contributed by atoms with E-state index < -0.39 is 0 Å². The van der Waals surface area contributed by atoms with E-state index in [4.69, 9.17) is 4.74 Å². The largest absolute Gasteiger partial charge is 0.383 e. The van der Waals surface area contributed by atoms with Gasteiger partial charge in [-0.15, -0.1) is 11.8 Å². The van der Waals surface area contributed by atoms with Crippen LogP contribution in [0.4, 0.5) is 0 Å². The van der Waals surface area contributed by atoms with Crippen LogP contribution >= 0.6 is 11.8 Å². The summed E-state index contributed by atoms with van der Waals surface area (Å²) in [5, 5.41) is 0. The summed E-state index contributed by atoms with van der Waals surface area (Å²) < 4.78 is 5.03. The molecule has 0 bridgehead atoms. The molecular weight excluding hydrogens is 324 g/mol. The predicted octanol–water partition coefficient (Wildman–Crippen LogP) is 1.79. The Morgan fingerprint density at radius 1 is 1.38 bits per heavy atom. The van der Waals surface area contributed by atoms with Gasteiger partial charge in [-0.3, -0.25) is 9.59 Å². The molecule has 0 radical (unpaired) electrons. The first-order valence-corrected chi connectivity index (χ1v) is 9.56. The van der Waals surface area contributed by atoms with Crippen molar-refractivity contribution in [3.63, 3.8) is 0 Å². The fraction of sp³-hybridized carbons (Fsp3) is 0.556. The minimum absolute atomic E-state index is 0.0624. The molecular formula is C18H24N2O3S. The number of hydrogen-bond acceptors (Lipinski definition) is 4. The number of thioether (sulfide) groups is 1. The average molecular weight is 348 g/mol. The lowest BCUT2D eigenvalue weighted by molar-refractivity contribution is -0.136. The van der Waals surface area contributed by atoms with E-state index in [1.54, 1.807) is 23.8 Å². The molecule has 0 aliphatic carbocycles. The lowest BCUT2D eigenvalue weighted by Crippen LogP contribution is -2.40. The van der Waals surface area contributed by atoms with E-state index >= 15 is 0 Å². The van der Waals surface area contributed by atoms with Crippen molar-refractivity contribution in [3.05, 3.63) is 29.3 Å². The van der Waals surface area contributed by atoms with Gasteiger partial charge in [0.05, 0.1) is 12.5 Å². The maximum atomic E-state index is 12.8. The van der Waals surface area contributed by atoms with E-state index in [9.17, 15) is 9.59 Å². The van der Waals surface area contributed by atoms with Crippen LogP contribution in [0.15, 0.2) is 23.1 Å². The van der Waals surface area contributed by atoms with Gasteiger partial charge in [-0.1, -0.05) is 6.07 Å². The predicted molar refractivity (Wildman–Crippen MR) is 93.9 cm³/mol. The summed E-state index contributed by atoms with van der Waals surface area (Å²) in [6.45, 7) is 3.01. The summed E-state index contributed by atoms with van der Waals surface area (Å²) in [7, 11) is 1.62. The second-order valence-corrected chi connectivity index (χ2v) is 7.26. The Morgan fingerprint density at radius 3 is 2.96 bits per heavy atom. The third-order valence-electron chi connectivity index (χ3n) is 4.87. The van der Waals surface area contributed by atoms with Crippen molar-refractivity contribution in [2.45, 2.75) is 24.3 Å². The molecule has 0 spiro atoms. The number of carbonyl (C=O) groups excluding carboxylic acids is 2. The summed E-state index contributed by atoms with van der Waals surface area (Å²) >= 11 is 1.74. The number of rotatable bonds is 5. The number of benzene rings is 1. The molecule has 0 saturated carbocycles. The Bertz CT molecular complexity index is 635. The highest BCUT2D eigenvalue weighted by Crippen LogP contribution is 2.27. The lowest BCUT2D eigenvalue weighted by Gasteiger charge is -2.31. The van der Waals surface area contributed by atoms with E-state index in [2.05, 4.69) is 24.5 Å². The van der Waals surface area contributed by atoms with E-state index in [0.717, 1.165) is 13.0 Å². The van der Waals surface area contributed by atoms with Crippen LogP contribution < -0.4 is 0 Å². The molecule has 1 aromatic rings. The van der Waals surface area contributed by atoms with Gasteiger partial charge in [-0.25, -0.2) is 0 Å². The van der Waals surface area contributed by atoms with Crippen LogP contribution in [0.25, 0.3) is 0 Å². The Labute approximate surface area is 147 Å². The number of likely N-dealkylation sites (tertiary alicyclic amines) is 1. The highest BCUT2D eigenvalue weighted by molar-refractivity contribution is 7.98. The Morgan fingerprint density at radius 2 is 2.21 bits per heavy atom. The van der Waals surface area contributed by atoms with Crippen molar-refractivity contribution < 1.29 is 14.3 Å². The number of amides is 2. The van der Waals surface area contributed by atoms with Crippen molar-refractivity contribution in [1.82, 2.24) is 9.80 Å². The zero-order valence-electron chi connectivity index (χ0n) is 14.3. The molecule has 1 atom stereocenters. The van der Waals surface area contributed by atoms with Gasteiger partial charge in [0.1, 0.15) is 0 Å². The molecule has 5 nitrogen and oxygen atoms in total. The first-order valence-electron chi connectivity index (χ1n) is 8.33. The number of ether oxygens (including phenoxy) is 1. The van der Waals surface area contributed by atoms with Crippen molar-refractivity contribution in [2.24, 2.45) is 5.92 Å². The molecule has 0 aromatic heterocycles.